The van der Waals surface area contributed by atoms with Crippen LogP contribution < -0.4 is 9.64 Å². The first-order valence-electron chi connectivity index (χ1n) is 7.60. The second-order valence-corrected chi connectivity index (χ2v) is 5.29. The van der Waals surface area contributed by atoms with Crippen LogP contribution in [0, 0.1) is 0 Å². The first-order valence-corrected chi connectivity index (χ1v) is 7.60. The number of ketones is 1. The Hall–Kier alpha value is -2.62. The van der Waals surface area contributed by atoms with E-state index in [9.17, 15) is 9.59 Å². The van der Waals surface area contributed by atoms with Crippen LogP contribution in [0.3, 0.4) is 0 Å². The summed E-state index contributed by atoms with van der Waals surface area (Å²) in [6.07, 6.45) is 1.26. The lowest BCUT2D eigenvalue weighted by Gasteiger charge is -2.17. The molecule has 2 aromatic carbocycles. The summed E-state index contributed by atoms with van der Waals surface area (Å²) in [6, 6.07) is 16.5. The molecule has 2 aromatic rings. The summed E-state index contributed by atoms with van der Waals surface area (Å²) in [5.74, 6) is 0.780. The van der Waals surface area contributed by atoms with Gasteiger partial charge in [0.25, 0.3) is 0 Å². The third-order valence-electron chi connectivity index (χ3n) is 3.72. The van der Waals surface area contributed by atoms with Crippen molar-refractivity contribution in [1.82, 2.24) is 0 Å². The van der Waals surface area contributed by atoms with Crippen LogP contribution in [0.25, 0.3) is 0 Å². The predicted octanol–water partition coefficient (Wildman–Crippen LogP) is 3.71. The number of carbonyl (C=O) groups excluding carboxylic acids is 2. The maximum atomic E-state index is 12.1. The van der Waals surface area contributed by atoms with Crippen molar-refractivity contribution in [2.45, 2.75) is 19.3 Å². The molecule has 0 unspecified atom stereocenters. The topological polar surface area (TPSA) is 46.6 Å². The number of para-hydroxylation sites is 1. The Labute approximate surface area is 136 Å². The maximum absolute atomic E-state index is 12.1. The minimum Gasteiger partial charge on any atom is -0.497 e. The smallest absolute Gasteiger partial charge is 0.226 e. The van der Waals surface area contributed by atoms with E-state index in [0.717, 1.165) is 11.4 Å². The van der Waals surface area contributed by atoms with E-state index in [1.807, 2.05) is 30.3 Å². The third-order valence-corrected chi connectivity index (χ3v) is 3.72. The molecule has 0 aliphatic carbocycles. The van der Waals surface area contributed by atoms with Gasteiger partial charge in [-0.05, 0) is 42.8 Å². The zero-order chi connectivity index (χ0) is 16.7. The van der Waals surface area contributed by atoms with Gasteiger partial charge in [-0.25, -0.2) is 0 Å². The Morgan fingerprint density at radius 3 is 2.22 bits per heavy atom. The van der Waals surface area contributed by atoms with Crippen LogP contribution in [-0.4, -0.2) is 25.8 Å². The van der Waals surface area contributed by atoms with Crippen LogP contribution in [0.2, 0.25) is 0 Å². The highest BCUT2D eigenvalue weighted by Crippen LogP contribution is 2.16. The molecule has 0 radical (unpaired) electrons. The van der Waals surface area contributed by atoms with E-state index in [1.165, 1.54) is 0 Å². The summed E-state index contributed by atoms with van der Waals surface area (Å²) < 4.78 is 5.07. The zero-order valence-electron chi connectivity index (χ0n) is 13.5. The molecule has 0 fully saturated rings. The molecule has 120 valence electrons. The highest BCUT2D eigenvalue weighted by Gasteiger charge is 2.12. The van der Waals surface area contributed by atoms with Gasteiger partial charge in [0.1, 0.15) is 5.75 Å². The molecule has 0 N–H and O–H groups in total. The Kier molecular flexibility index (Phi) is 5.92. The van der Waals surface area contributed by atoms with Crippen molar-refractivity contribution in [2.24, 2.45) is 0 Å². The molecule has 0 bridgehead atoms. The third kappa shape index (κ3) is 4.68. The van der Waals surface area contributed by atoms with Crippen molar-refractivity contribution in [3.63, 3.8) is 0 Å². The van der Waals surface area contributed by atoms with Gasteiger partial charge in [0.05, 0.1) is 7.11 Å². The van der Waals surface area contributed by atoms with Crippen LogP contribution in [0.1, 0.15) is 29.6 Å². The summed E-state index contributed by atoms with van der Waals surface area (Å²) in [6.45, 7) is 0. The lowest BCUT2D eigenvalue weighted by Crippen LogP contribution is -2.25. The fourth-order valence-electron chi connectivity index (χ4n) is 2.28. The first-order chi connectivity index (χ1) is 11.1. The van der Waals surface area contributed by atoms with Gasteiger partial charge in [0.15, 0.2) is 5.78 Å². The predicted molar refractivity (Wildman–Crippen MR) is 91.0 cm³/mol. The number of ether oxygens (including phenoxy) is 1. The number of anilines is 1. The van der Waals surface area contributed by atoms with Gasteiger partial charge in [-0.3, -0.25) is 9.59 Å². The van der Waals surface area contributed by atoms with Crippen molar-refractivity contribution < 1.29 is 14.3 Å². The maximum Gasteiger partial charge on any atom is 0.226 e. The van der Waals surface area contributed by atoms with Crippen LogP contribution in [0.5, 0.6) is 5.75 Å². The number of hydrogen-bond acceptors (Lipinski definition) is 3. The Bertz CT molecular complexity index is 650. The molecule has 0 heterocycles. The lowest BCUT2D eigenvalue weighted by molar-refractivity contribution is -0.118. The molecule has 4 heteroatoms. The number of benzene rings is 2. The van der Waals surface area contributed by atoms with E-state index in [0.29, 0.717) is 24.8 Å². The van der Waals surface area contributed by atoms with E-state index >= 15 is 0 Å². The van der Waals surface area contributed by atoms with Gasteiger partial charge in [-0.2, -0.15) is 0 Å². The van der Waals surface area contributed by atoms with E-state index in [-0.39, 0.29) is 11.7 Å². The fraction of sp³-hybridized carbons (Fsp3) is 0.263. The number of hydrogen-bond donors (Lipinski definition) is 0. The van der Waals surface area contributed by atoms with Gasteiger partial charge >= 0.3 is 0 Å². The molecular formula is C19H21NO3. The molecule has 0 saturated heterocycles. The average Bonchev–Trinajstić information content (AvgIpc) is 2.61. The van der Waals surface area contributed by atoms with Crippen LogP contribution in [0.4, 0.5) is 5.69 Å². The number of methoxy groups -OCH3 is 1. The van der Waals surface area contributed by atoms with E-state index in [2.05, 4.69) is 0 Å². The van der Waals surface area contributed by atoms with E-state index in [4.69, 9.17) is 4.74 Å². The monoisotopic (exact) mass is 311 g/mol. The van der Waals surface area contributed by atoms with Gasteiger partial charge in [0.2, 0.25) is 5.91 Å². The number of nitrogens with zero attached hydrogens (tertiary/aromatic N) is 1. The van der Waals surface area contributed by atoms with Crippen LogP contribution in [-0.2, 0) is 4.79 Å². The normalized spacial score (nSPS) is 10.2. The molecule has 0 aromatic heterocycles. The van der Waals surface area contributed by atoms with Crippen molar-refractivity contribution in [2.75, 3.05) is 19.1 Å². The fourth-order valence-corrected chi connectivity index (χ4v) is 2.28. The average molecular weight is 311 g/mol. The lowest BCUT2D eigenvalue weighted by atomic mass is 10.1. The van der Waals surface area contributed by atoms with Gasteiger partial charge in [-0.1, -0.05) is 18.2 Å². The Balaban J connectivity index is 1.81. The Morgan fingerprint density at radius 1 is 0.957 bits per heavy atom. The molecule has 2 rings (SSSR count). The SMILES string of the molecule is COc1ccc(C(=O)CCCC(=O)N(C)c2ccccc2)cc1. The molecule has 4 nitrogen and oxygen atoms in total. The summed E-state index contributed by atoms with van der Waals surface area (Å²) in [5.41, 5.74) is 1.51. The quantitative estimate of drug-likeness (QED) is 0.732. The van der Waals surface area contributed by atoms with Crippen molar-refractivity contribution in [1.29, 1.82) is 0 Å². The van der Waals surface area contributed by atoms with Gasteiger partial charge < -0.3 is 9.64 Å². The summed E-state index contributed by atoms with van der Waals surface area (Å²) >= 11 is 0. The second kappa shape index (κ2) is 8.13. The van der Waals surface area contributed by atoms with Gasteiger partial charge in [-0.15, -0.1) is 0 Å². The highest BCUT2D eigenvalue weighted by molar-refractivity contribution is 5.97. The number of Topliss-reactive ketones (excluding diaryl/α,β-unsaturated/α-hetero) is 1. The summed E-state index contributed by atoms with van der Waals surface area (Å²) in [4.78, 5) is 25.9. The summed E-state index contributed by atoms with van der Waals surface area (Å²) in [7, 11) is 3.34. The molecule has 0 atom stereocenters. The minimum absolute atomic E-state index is 0.0127. The van der Waals surface area contributed by atoms with Crippen molar-refractivity contribution >= 4 is 17.4 Å². The summed E-state index contributed by atoms with van der Waals surface area (Å²) in [5, 5.41) is 0. The molecular weight excluding hydrogens is 290 g/mol. The first kappa shape index (κ1) is 16.7. The number of rotatable bonds is 7. The minimum atomic E-state index is 0.0127. The van der Waals surface area contributed by atoms with Crippen LogP contribution >= 0.6 is 0 Å². The number of carbonyl (C=O) groups is 2. The van der Waals surface area contributed by atoms with Gasteiger partial charge in [0, 0.05) is 31.1 Å². The number of amides is 1. The van der Waals surface area contributed by atoms with E-state index < -0.39 is 0 Å². The van der Waals surface area contributed by atoms with Crippen molar-refractivity contribution in [3.8, 4) is 5.75 Å². The van der Waals surface area contributed by atoms with Crippen molar-refractivity contribution in [3.05, 3.63) is 60.2 Å². The molecule has 0 saturated carbocycles. The standard InChI is InChI=1S/C19H21NO3/c1-20(16-7-4-3-5-8-16)19(22)10-6-9-18(21)15-11-13-17(23-2)14-12-15/h3-5,7-8,11-14H,6,9-10H2,1-2H3. The van der Waals surface area contributed by atoms with E-state index in [1.54, 1.807) is 43.3 Å². The molecule has 0 aliphatic rings. The molecule has 1 amide bonds. The second-order valence-electron chi connectivity index (χ2n) is 5.29. The zero-order valence-corrected chi connectivity index (χ0v) is 13.5. The largest absolute Gasteiger partial charge is 0.497 e. The highest BCUT2D eigenvalue weighted by atomic mass is 16.5. The molecule has 0 spiro atoms. The molecule has 23 heavy (non-hydrogen) atoms. The van der Waals surface area contributed by atoms with Crippen LogP contribution in [0.15, 0.2) is 54.6 Å². The molecule has 0 aliphatic heterocycles. The Morgan fingerprint density at radius 2 is 1.61 bits per heavy atom.